The Balaban J connectivity index is 1.87. The average molecular weight is 292 g/mol. The van der Waals surface area contributed by atoms with Gasteiger partial charge >= 0.3 is 0 Å². The number of aromatic hydroxyl groups is 1. The highest BCUT2D eigenvalue weighted by Gasteiger charge is 2.20. The molecule has 6 nitrogen and oxygen atoms in total. The molecule has 2 rings (SSSR count). The van der Waals surface area contributed by atoms with Crippen LogP contribution in [0.5, 0.6) is 5.75 Å². The summed E-state index contributed by atoms with van der Waals surface area (Å²) in [6.07, 6.45) is 7.10. The number of hydrogen-bond donors (Lipinski definition) is 2. The summed E-state index contributed by atoms with van der Waals surface area (Å²) in [6.45, 7) is 0.502. The van der Waals surface area contributed by atoms with Gasteiger partial charge in [-0.05, 0) is 30.9 Å². The van der Waals surface area contributed by atoms with Crippen LogP contribution in [0.1, 0.15) is 48.9 Å². The molecule has 114 valence electrons. The number of nitrogens with zero attached hydrogens (tertiary/aromatic N) is 1. The number of nitro groups is 1. The Morgan fingerprint density at radius 2 is 2.10 bits per heavy atom. The lowest BCUT2D eigenvalue weighted by Crippen LogP contribution is -2.25. The lowest BCUT2D eigenvalue weighted by atomic mass is 10.0. The molecule has 6 heteroatoms. The van der Waals surface area contributed by atoms with Gasteiger partial charge in [-0.3, -0.25) is 14.9 Å². The van der Waals surface area contributed by atoms with Crippen molar-refractivity contribution in [3.05, 3.63) is 33.9 Å². The zero-order valence-corrected chi connectivity index (χ0v) is 11.9. The molecule has 0 bridgehead atoms. The van der Waals surface area contributed by atoms with Crippen LogP contribution >= 0.6 is 0 Å². The van der Waals surface area contributed by atoms with Crippen molar-refractivity contribution in [1.82, 2.24) is 5.32 Å². The number of nitrogens with one attached hydrogen (secondary N) is 1. The average Bonchev–Trinajstić information content (AvgIpc) is 2.96. The van der Waals surface area contributed by atoms with E-state index in [1.54, 1.807) is 0 Å². The SMILES string of the molecule is O=C(NCCCC1CCCC1)c1cc(O)ccc1[N+](=O)[O-]. The molecule has 0 saturated heterocycles. The van der Waals surface area contributed by atoms with Crippen molar-refractivity contribution >= 4 is 11.6 Å². The van der Waals surface area contributed by atoms with Crippen LogP contribution in [0.25, 0.3) is 0 Å². The molecule has 1 saturated carbocycles. The minimum atomic E-state index is -0.618. The first-order chi connectivity index (χ1) is 10.1. The normalized spacial score (nSPS) is 15.0. The summed E-state index contributed by atoms with van der Waals surface area (Å²) in [4.78, 5) is 22.3. The third-order valence-corrected chi connectivity index (χ3v) is 3.97. The zero-order valence-electron chi connectivity index (χ0n) is 11.9. The highest BCUT2D eigenvalue weighted by atomic mass is 16.6. The third kappa shape index (κ3) is 4.18. The van der Waals surface area contributed by atoms with Gasteiger partial charge in [0, 0.05) is 12.6 Å². The fourth-order valence-corrected chi connectivity index (χ4v) is 2.85. The van der Waals surface area contributed by atoms with E-state index in [4.69, 9.17) is 0 Å². The molecule has 1 fully saturated rings. The summed E-state index contributed by atoms with van der Waals surface area (Å²) in [6, 6.07) is 3.47. The van der Waals surface area contributed by atoms with Gasteiger partial charge in [-0.2, -0.15) is 0 Å². The number of rotatable bonds is 6. The Morgan fingerprint density at radius 1 is 1.38 bits per heavy atom. The van der Waals surface area contributed by atoms with Crippen LogP contribution in [0.4, 0.5) is 5.69 Å². The van der Waals surface area contributed by atoms with Crippen molar-refractivity contribution < 1.29 is 14.8 Å². The summed E-state index contributed by atoms with van der Waals surface area (Å²) in [5, 5.41) is 23.0. The van der Waals surface area contributed by atoms with Gasteiger partial charge in [-0.1, -0.05) is 25.7 Å². The Hall–Kier alpha value is -2.11. The molecule has 0 aromatic heterocycles. The molecule has 0 atom stereocenters. The molecule has 0 spiro atoms. The molecule has 1 aliphatic rings. The van der Waals surface area contributed by atoms with Crippen LogP contribution in [0.15, 0.2) is 18.2 Å². The highest BCUT2D eigenvalue weighted by Crippen LogP contribution is 2.28. The van der Waals surface area contributed by atoms with E-state index in [1.807, 2.05) is 0 Å². The summed E-state index contributed by atoms with van der Waals surface area (Å²) >= 11 is 0. The summed E-state index contributed by atoms with van der Waals surface area (Å²) < 4.78 is 0. The number of hydrogen-bond acceptors (Lipinski definition) is 4. The molecular formula is C15H20N2O4. The first kappa shape index (κ1) is 15.3. The molecule has 1 aromatic rings. The zero-order chi connectivity index (χ0) is 15.2. The second-order valence-corrected chi connectivity index (χ2v) is 5.51. The number of carbonyl (C=O) groups excluding carboxylic acids is 1. The van der Waals surface area contributed by atoms with Crippen molar-refractivity contribution in [2.24, 2.45) is 5.92 Å². The monoisotopic (exact) mass is 292 g/mol. The summed E-state index contributed by atoms with van der Waals surface area (Å²) in [5.41, 5.74) is -0.387. The Bertz CT molecular complexity index is 524. The van der Waals surface area contributed by atoms with E-state index in [-0.39, 0.29) is 17.0 Å². The van der Waals surface area contributed by atoms with Gasteiger partial charge in [0.25, 0.3) is 11.6 Å². The molecule has 2 N–H and O–H groups in total. The van der Waals surface area contributed by atoms with E-state index in [9.17, 15) is 20.0 Å². The van der Waals surface area contributed by atoms with Gasteiger partial charge < -0.3 is 10.4 Å². The van der Waals surface area contributed by atoms with Crippen LogP contribution in [0.3, 0.4) is 0 Å². The van der Waals surface area contributed by atoms with Crippen LogP contribution in [-0.2, 0) is 0 Å². The molecule has 1 aromatic carbocycles. The number of nitro benzene ring substituents is 1. The number of benzene rings is 1. The molecule has 21 heavy (non-hydrogen) atoms. The maximum absolute atomic E-state index is 12.0. The molecule has 0 radical (unpaired) electrons. The minimum Gasteiger partial charge on any atom is -0.508 e. The quantitative estimate of drug-likeness (QED) is 0.479. The van der Waals surface area contributed by atoms with Crippen LogP contribution in [0, 0.1) is 16.0 Å². The number of phenols is 1. The standard InChI is InChI=1S/C15H20N2O4/c18-12-7-8-14(17(20)21)13(10-12)15(19)16-9-3-6-11-4-1-2-5-11/h7-8,10-11,18H,1-6,9H2,(H,16,19). The van der Waals surface area contributed by atoms with Gasteiger partial charge in [0.2, 0.25) is 0 Å². The van der Waals surface area contributed by atoms with Crippen molar-refractivity contribution in [3.63, 3.8) is 0 Å². The van der Waals surface area contributed by atoms with Crippen molar-refractivity contribution in [3.8, 4) is 5.75 Å². The molecule has 1 aliphatic carbocycles. The first-order valence-corrected chi connectivity index (χ1v) is 7.33. The topological polar surface area (TPSA) is 92.5 Å². The molecule has 0 aliphatic heterocycles. The lowest BCUT2D eigenvalue weighted by Gasteiger charge is -2.09. The predicted octanol–water partition coefficient (Wildman–Crippen LogP) is 3.00. The fraction of sp³-hybridized carbons (Fsp3) is 0.533. The van der Waals surface area contributed by atoms with Crippen LogP contribution in [0.2, 0.25) is 0 Å². The van der Waals surface area contributed by atoms with Gasteiger partial charge in [0.1, 0.15) is 11.3 Å². The fourth-order valence-electron chi connectivity index (χ4n) is 2.85. The maximum atomic E-state index is 12.0. The van der Waals surface area contributed by atoms with E-state index in [2.05, 4.69) is 5.32 Å². The van der Waals surface area contributed by atoms with Crippen molar-refractivity contribution in [2.75, 3.05) is 6.54 Å². The predicted molar refractivity (Wildman–Crippen MR) is 78.3 cm³/mol. The summed E-state index contributed by atoms with van der Waals surface area (Å²) in [7, 11) is 0. The second kappa shape index (κ2) is 7.06. The lowest BCUT2D eigenvalue weighted by molar-refractivity contribution is -0.385. The Morgan fingerprint density at radius 3 is 2.76 bits per heavy atom. The second-order valence-electron chi connectivity index (χ2n) is 5.51. The first-order valence-electron chi connectivity index (χ1n) is 7.33. The smallest absolute Gasteiger partial charge is 0.282 e. The van der Waals surface area contributed by atoms with Gasteiger partial charge in [-0.15, -0.1) is 0 Å². The number of amides is 1. The molecule has 1 amide bonds. The van der Waals surface area contributed by atoms with E-state index in [0.29, 0.717) is 6.54 Å². The Labute approximate surface area is 123 Å². The maximum Gasteiger partial charge on any atom is 0.282 e. The van der Waals surface area contributed by atoms with E-state index in [0.717, 1.165) is 30.9 Å². The third-order valence-electron chi connectivity index (χ3n) is 3.97. The van der Waals surface area contributed by atoms with Gasteiger partial charge in [0.05, 0.1) is 4.92 Å². The molecule has 0 unspecified atom stereocenters. The highest BCUT2D eigenvalue weighted by molar-refractivity contribution is 5.98. The van der Waals surface area contributed by atoms with Gasteiger partial charge in [0.15, 0.2) is 0 Å². The molecule has 0 heterocycles. The van der Waals surface area contributed by atoms with Gasteiger partial charge in [-0.25, -0.2) is 0 Å². The van der Waals surface area contributed by atoms with Crippen molar-refractivity contribution in [1.29, 1.82) is 0 Å². The number of phenolic OH excluding ortho intramolecular Hbond substituents is 1. The number of carbonyl (C=O) groups is 1. The summed E-state index contributed by atoms with van der Waals surface area (Å²) in [5.74, 6) is 0.0951. The van der Waals surface area contributed by atoms with Crippen molar-refractivity contribution in [2.45, 2.75) is 38.5 Å². The Kier molecular flexibility index (Phi) is 5.14. The molecular weight excluding hydrogens is 272 g/mol. The van der Waals surface area contributed by atoms with E-state index >= 15 is 0 Å². The van der Waals surface area contributed by atoms with Crippen LogP contribution < -0.4 is 5.32 Å². The largest absolute Gasteiger partial charge is 0.508 e. The van der Waals surface area contributed by atoms with Crippen LogP contribution in [-0.4, -0.2) is 22.5 Å². The minimum absolute atomic E-state index is 0.0964. The van der Waals surface area contributed by atoms with E-state index in [1.165, 1.54) is 31.7 Å². The van der Waals surface area contributed by atoms with E-state index < -0.39 is 10.8 Å².